The van der Waals surface area contributed by atoms with Crippen molar-refractivity contribution < 1.29 is 9.53 Å². The van der Waals surface area contributed by atoms with Gasteiger partial charge in [-0.05, 0) is 63.8 Å². The number of amides is 1. The van der Waals surface area contributed by atoms with E-state index in [1.807, 2.05) is 32.5 Å². The molecule has 1 amide bonds. The Balaban J connectivity index is 1.87. The molecule has 23 heavy (non-hydrogen) atoms. The van der Waals surface area contributed by atoms with Gasteiger partial charge in [0.2, 0.25) is 0 Å². The number of alkyl carbamates (subject to hydrolysis) is 1. The Morgan fingerprint density at radius 3 is 2.57 bits per heavy atom. The number of halogens is 1. The molecule has 1 aliphatic carbocycles. The van der Waals surface area contributed by atoms with Crippen molar-refractivity contribution in [1.82, 2.24) is 5.32 Å². The van der Waals surface area contributed by atoms with Gasteiger partial charge in [0, 0.05) is 21.2 Å². The summed E-state index contributed by atoms with van der Waals surface area (Å²) in [6.45, 7) is 5.69. The number of carbonyl (C=O) groups excluding carboxylic acids is 1. The molecule has 0 spiro atoms. The lowest BCUT2D eigenvalue weighted by molar-refractivity contribution is 0.0474. The van der Waals surface area contributed by atoms with E-state index >= 15 is 0 Å². The van der Waals surface area contributed by atoms with Crippen molar-refractivity contribution in [2.24, 2.45) is 5.92 Å². The molecule has 1 fully saturated rings. The number of rotatable bonds is 4. The first-order valence-electron chi connectivity index (χ1n) is 8.21. The van der Waals surface area contributed by atoms with E-state index in [-0.39, 0.29) is 12.1 Å². The first-order chi connectivity index (χ1) is 10.8. The van der Waals surface area contributed by atoms with Crippen LogP contribution in [0, 0.1) is 5.92 Å². The number of nitrogens with one attached hydrogen (secondary N) is 1. The molecular formula is C18H26BrNO2S. The number of hydrogen-bond acceptors (Lipinski definition) is 3. The molecule has 1 aromatic carbocycles. The van der Waals surface area contributed by atoms with Crippen LogP contribution >= 0.6 is 27.7 Å². The molecule has 0 bridgehead atoms. The van der Waals surface area contributed by atoms with E-state index in [1.54, 1.807) is 0 Å². The Bertz CT molecular complexity index is 513. The van der Waals surface area contributed by atoms with E-state index in [2.05, 4.69) is 45.5 Å². The lowest BCUT2D eigenvalue weighted by Gasteiger charge is -2.32. The largest absolute Gasteiger partial charge is 0.444 e. The Kier molecular flexibility index (Phi) is 6.84. The normalized spacial score (nSPS) is 21.7. The van der Waals surface area contributed by atoms with E-state index in [0.717, 1.165) is 16.6 Å². The summed E-state index contributed by atoms with van der Waals surface area (Å²) in [6.07, 6.45) is 4.36. The van der Waals surface area contributed by atoms with Gasteiger partial charge in [-0.25, -0.2) is 4.79 Å². The monoisotopic (exact) mass is 399 g/mol. The van der Waals surface area contributed by atoms with Crippen molar-refractivity contribution in [1.29, 1.82) is 0 Å². The van der Waals surface area contributed by atoms with Crippen molar-refractivity contribution in [3.63, 3.8) is 0 Å². The maximum atomic E-state index is 12.0. The average molecular weight is 400 g/mol. The molecule has 2 atom stereocenters. The third-order valence-electron chi connectivity index (χ3n) is 3.89. The summed E-state index contributed by atoms with van der Waals surface area (Å²) in [5, 5.41) is 3.09. The fourth-order valence-corrected chi connectivity index (χ4v) is 4.19. The second-order valence-corrected chi connectivity index (χ2v) is 9.07. The third kappa shape index (κ3) is 6.76. The van der Waals surface area contributed by atoms with Crippen LogP contribution in [0.25, 0.3) is 0 Å². The molecule has 1 saturated carbocycles. The molecule has 0 unspecified atom stereocenters. The molecule has 3 nitrogen and oxygen atoms in total. The van der Waals surface area contributed by atoms with Gasteiger partial charge in [0.05, 0.1) is 0 Å². The van der Waals surface area contributed by atoms with Crippen LogP contribution in [-0.4, -0.2) is 23.5 Å². The minimum atomic E-state index is -0.444. The van der Waals surface area contributed by atoms with Gasteiger partial charge in [0.15, 0.2) is 0 Å². The third-order valence-corrected chi connectivity index (χ3v) is 5.62. The highest BCUT2D eigenvalue weighted by molar-refractivity contribution is 9.10. The Hall–Kier alpha value is -0.680. The zero-order valence-electron chi connectivity index (χ0n) is 14.1. The first kappa shape index (κ1) is 18.7. The molecule has 1 aliphatic rings. The van der Waals surface area contributed by atoms with Gasteiger partial charge in [-0.2, -0.15) is 0 Å². The van der Waals surface area contributed by atoms with Crippen LogP contribution in [0.2, 0.25) is 0 Å². The molecule has 2 rings (SSSR count). The topological polar surface area (TPSA) is 38.3 Å². The van der Waals surface area contributed by atoms with Crippen LogP contribution in [0.15, 0.2) is 33.6 Å². The predicted octanol–water partition coefficient (Wildman–Crippen LogP) is 5.62. The predicted molar refractivity (Wildman–Crippen MR) is 100.0 cm³/mol. The Morgan fingerprint density at radius 1 is 1.26 bits per heavy atom. The first-order valence-corrected chi connectivity index (χ1v) is 9.99. The summed E-state index contributed by atoms with van der Waals surface area (Å²) in [6, 6.07) is 8.63. The van der Waals surface area contributed by atoms with Crippen molar-refractivity contribution in [3.05, 3.63) is 28.7 Å². The minimum Gasteiger partial charge on any atom is -0.444 e. The lowest BCUT2D eigenvalue weighted by Crippen LogP contribution is -2.45. The summed E-state index contributed by atoms with van der Waals surface area (Å²) in [5.74, 6) is 1.53. The number of carbonyl (C=O) groups is 1. The quantitative estimate of drug-likeness (QED) is 0.667. The van der Waals surface area contributed by atoms with Crippen LogP contribution in [0.1, 0.15) is 46.5 Å². The van der Waals surface area contributed by atoms with E-state index < -0.39 is 5.60 Å². The summed E-state index contributed by atoms with van der Waals surface area (Å²) in [4.78, 5) is 13.3. The summed E-state index contributed by atoms with van der Waals surface area (Å²) >= 11 is 5.33. The van der Waals surface area contributed by atoms with E-state index in [4.69, 9.17) is 4.74 Å². The second-order valence-electron chi connectivity index (χ2n) is 7.06. The molecule has 0 saturated heterocycles. The van der Waals surface area contributed by atoms with Crippen LogP contribution in [0.4, 0.5) is 4.79 Å². The zero-order chi connectivity index (χ0) is 16.9. The SMILES string of the molecule is CC(C)(C)OC(=O)N[C@H]1CCCC[C@@H]1CSc1ccc(Br)cc1. The van der Waals surface area contributed by atoms with Gasteiger partial charge in [-0.15, -0.1) is 11.8 Å². The lowest BCUT2D eigenvalue weighted by atomic mass is 9.86. The fraction of sp³-hybridized carbons (Fsp3) is 0.611. The van der Waals surface area contributed by atoms with Gasteiger partial charge in [-0.3, -0.25) is 0 Å². The van der Waals surface area contributed by atoms with Crippen LogP contribution in [0.3, 0.4) is 0 Å². The Labute approximate surface area is 152 Å². The van der Waals surface area contributed by atoms with Crippen molar-refractivity contribution in [2.45, 2.75) is 63.0 Å². The highest BCUT2D eigenvalue weighted by atomic mass is 79.9. The molecule has 0 aliphatic heterocycles. The van der Waals surface area contributed by atoms with Crippen molar-refractivity contribution in [3.8, 4) is 0 Å². The molecular weight excluding hydrogens is 374 g/mol. The van der Waals surface area contributed by atoms with Gasteiger partial charge < -0.3 is 10.1 Å². The zero-order valence-corrected chi connectivity index (χ0v) is 16.5. The summed E-state index contributed by atoms with van der Waals surface area (Å²) < 4.78 is 6.50. The molecule has 1 N–H and O–H groups in total. The van der Waals surface area contributed by atoms with Crippen LogP contribution < -0.4 is 5.32 Å². The molecule has 0 heterocycles. The molecule has 0 radical (unpaired) electrons. The van der Waals surface area contributed by atoms with Crippen molar-refractivity contribution in [2.75, 3.05) is 5.75 Å². The van der Waals surface area contributed by atoms with Gasteiger partial charge in [0.25, 0.3) is 0 Å². The average Bonchev–Trinajstić information content (AvgIpc) is 2.46. The summed E-state index contributed by atoms with van der Waals surface area (Å²) in [7, 11) is 0. The molecule has 0 aromatic heterocycles. The fourth-order valence-electron chi connectivity index (χ4n) is 2.79. The minimum absolute atomic E-state index is 0.224. The van der Waals surface area contributed by atoms with Crippen molar-refractivity contribution >= 4 is 33.8 Å². The van der Waals surface area contributed by atoms with Gasteiger partial charge >= 0.3 is 6.09 Å². The maximum absolute atomic E-state index is 12.0. The van der Waals surface area contributed by atoms with E-state index in [0.29, 0.717) is 5.92 Å². The molecule has 5 heteroatoms. The number of hydrogen-bond donors (Lipinski definition) is 1. The van der Waals surface area contributed by atoms with Crippen LogP contribution in [-0.2, 0) is 4.74 Å². The van der Waals surface area contributed by atoms with E-state index in [1.165, 1.54) is 24.2 Å². The second kappa shape index (κ2) is 8.43. The Morgan fingerprint density at radius 2 is 1.91 bits per heavy atom. The van der Waals surface area contributed by atoms with E-state index in [9.17, 15) is 4.79 Å². The smallest absolute Gasteiger partial charge is 0.407 e. The van der Waals surface area contributed by atoms with Gasteiger partial charge in [0.1, 0.15) is 5.60 Å². The van der Waals surface area contributed by atoms with Crippen LogP contribution in [0.5, 0.6) is 0 Å². The highest BCUT2D eigenvalue weighted by Crippen LogP contribution is 2.31. The summed E-state index contributed by atoms with van der Waals surface area (Å²) in [5.41, 5.74) is -0.444. The molecule has 128 valence electrons. The number of thioether (sulfide) groups is 1. The number of benzene rings is 1. The molecule has 1 aromatic rings. The highest BCUT2D eigenvalue weighted by Gasteiger charge is 2.28. The standard InChI is InChI=1S/C18H26BrNO2S/c1-18(2,3)22-17(21)20-16-7-5-4-6-13(16)12-23-15-10-8-14(19)9-11-15/h8-11,13,16H,4-7,12H2,1-3H3,(H,20,21)/t13-,16+/m1/s1. The van der Waals surface area contributed by atoms with Gasteiger partial charge in [-0.1, -0.05) is 28.8 Å². The number of ether oxygens (including phenoxy) is 1. The maximum Gasteiger partial charge on any atom is 0.407 e.